The number of hydrogen-bond acceptors (Lipinski definition) is 2. The average molecular weight is 608 g/mol. The molecule has 0 bridgehead atoms. The number of hydrogen-bond donors (Lipinski definition) is 0. The fourth-order valence-electron chi connectivity index (χ4n) is 7.33. The third-order valence-corrected chi connectivity index (χ3v) is 9.56. The summed E-state index contributed by atoms with van der Waals surface area (Å²) in [6.07, 6.45) is 0. The van der Waals surface area contributed by atoms with Crippen LogP contribution in [0, 0.1) is 27.7 Å². The van der Waals surface area contributed by atoms with Crippen molar-refractivity contribution >= 4 is 49.8 Å². The lowest BCUT2D eigenvalue weighted by molar-refractivity contribution is 0.668. The summed E-state index contributed by atoms with van der Waals surface area (Å²) >= 11 is 0. The van der Waals surface area contributed by atoms with Crippen LogP contribution in [0.1, 0.15) is 44.9 Å². The Kier molecular flexibility index (Phi) is 7.14. The Hall–Kier alpha value is -5.60. The number of para-hydroxylation sites is 1. The maximum atomic E-state index is 6.87. The number of fused-ring (bicyclic) bond motifs is 5. The smallest absolute Gasteiger partial charge is 0.137 e. The predicted octanol–water partition coefficient (Wildman–Crippen LogP) is 12.6. The highest BCUT2D eigenvalue weighted by atomic mass is 16.3. The summed E-state index contributed by atoms with van der Waals surface area (Å²) in [6.45, 7) is 8.71. The van der Waals surface area contributed by atoms with E-state index in [1.807, 2.05) is 0 Å². The SMILES string of the molecule is Cc1cccc(C(c2ccccc2C)c2cc3oc4cc(N(c5cccc(C)c5)c5ccccc5C)ccc4c3c3ccccc23)c1. The van der Waals surface area contributed by atoms with Gasteiger partial charge < -0.3 is 9.32 Å². The van der Waals surface area contributed by atoms with Gasteiger partial charge in [0.25, 0.3) is 0 Å². The Labute approximate surface area is 276 Å². The molecule has 0 N–H and O–H groups in total. The molecule has 0 aliphatic carbocycles. The van der Waals surface area contributed by atoms with Gasteiger partial charge in [-0.1, -0.05) is 109 Å². The Morgan fingerprint density at radius 2 is 1.15 bits per heavy atom. The van der Waals surface area contributed by atoms with Gasteiger partial charge in [0.1, 0.15) is 11.2 Å². The van der Waals surface area contributed by atoms with E-state index in [2.05, 4.69) is 178 Å². The second kappa shape index (κ2) is 11.6. The van der Waals surface area contributed by atoms with Gasteiger partial charge in [0, 0.05) is 39.8 Å². The largest absolute Gasteiger partial charge is 0.456 e. The summed E-state index contributed by atoms with van der Waals surface area (Å²) < 4.78 is 6.87. The van der Waals surface area contributed by atoms with Crippen molar-refractivity contribution in [1.82, 2.24) is 0 Å². The van der Waals surface area contributed by atoms with Gasteiger partial charge in [0.2, 0.25) is 0 Å². The van der Waals surface area contributed by atoms with Crippen molar-refractivity contribution in [3.8, 4) is 0 Å². The summed E-state index contributed by atoms with van der Waals surface area (Å²) in [5.74, 6) is 0.0621. The monoisotopic (exact) mass is 607 g/mol. The normalized spacial score (nSPS) is 12.2. The summed E-state index contributed by atoms with van der Waals surface area (Å²) in [4.78, 5) is 2.34. The first-order valence-electron chi connectivity index (χ1n) is 16.4. The first-order valence-corrected chi connectivity index (χ1v) is 16.4. The third kappa shape index (κ3) is 5.07. The third-order valence-electron chi connectivity index (χ3n) is 9.56. The average Bonchev–Trinajstić information content (AvgIpc) is 3.45. The van der Waals surface area contributed by atoms with Gasteiger partial charge >= 0.3 is 0 Å². The summed E-state index contributed by atoms with van der Waals surface area (Å²) in [7, 11) is 0. The maximum Gasteiger partial charge on any atom is 0.137 e. The molecule has 0 fully saturated rings. The number of benzene rings is 7. The fraction of sp³-hybridized carbons (Fsp3) is 0.111. The molecule has 7 aromatic carbocycles. The molecule has 0 amide bonds. The first kappa shape index (κ1) is 28.8. The molecule has 1 atom stereocenters. The number of anilines is 3. The second-order valence-electron chi connectivity index (χ2n) is 12.8. The van der Waals surface area contributed by atoms with Crippen molar-refractivity contribution in [2.75, 3.05) is 4.90 Å². The molecule has 47 heavy (non-hydrogen) atoms. The molecular formula is C45H37NO. The second-order valence-corrected chi connectivity index (χ2v) is 12.8. The van der Waals surface area contributed by atoms with Crippen LogP contribution in [0.5, 0.6) is 0 Å². The summed E-state index contributed by atoms with van der Waals surface area (Å²) in [5, 5.41) is 4.76. The number of nitrogens with zero attached hydrogens (tertiary/aromatic N) is 1. The van der Waals surface area contributed by atoms with Crippen LogP contribution in [0.2, 0.25) is 0 Å². The Morgan fingerprint density at radius 3 is 1.91 bits per heavy atom. The highest BCUT2D eigenvalue weighted by molar-refractivity contribution is 6.20. The van der Waals surface area contributed by atoms with Gasteiger partial charge in [0.05, 0.1) is 0 Å². The zero-order chi connectivity index (χ0) is 32.1. The first-order chi connectivity index (χ1) is 23.0. The van der Waals surface area contributed by atoms with E-state index in [0.29, 0.717) is 0 Å². The minimum Gasteiger partial charge on any atom is -0.456 e. The zero-order valence-electron chi connectivity index (χ0n) is 27.3. The zero-order valence-corrected chi connectivity index (χ0v) is 27.3. The van der Waals surface area contributed by atoms with E-state index in [4.69, 9.17) is 4.42 Å². The predicted molar refractivity (Wildman–Crippen MR) is 199 cm³/mol. The molecule has 8 aromatic rings. The van der Waals surface area contributed by atoms with Crippen molar-refractivity contribution in [2.45, 2.75) is 33.6 Å². The van der Waals surface area contributed by atoms with Crippen LogP contribution in [-0.2, 0) is 0 Å². The van der Waals surface area contributed by atoms with Gasteiger partial charge in [-0.15, -0.1) is 0 Å². The maximum absolute atomic E-state index is 6.87. The molecule has 8 rings (SSSR count). The molecule has 0 saturated heterocycles. The Morgan fingerprint density at radius 1 is 0.468 bits per heavy atom. The van der Waals surface area contributed by atoms with Crippen molar-refractivity contribution in [3.63, 3.8) is 0 Å². The van der Waals surface area contributed by atoms with Crippen LogP contribution in [0.3, 0.4) is 0 Å². The van der Waals surface area contributed by atoms with Crippen molar-refractivity contribution in [1.29, 1.82) is 0 Å². The lowest BCUT2D eigenvalue weighted by Gasteiger charge is -2.27. The molecule has 2 heteroatoms. The molecule has 0 radical (unpaired) electrons. The van der Waals surface area contributed by atoms with E-state index in [9.17, 15) is 0 Å². The minimum atomic E-state index is 0.0621. The standard InChI is InChI=1S/C45H37NO/c1-29-13-11-17-33(25-29)44(36-19-7-5-15-31(36)3)40-28-43-45(38-21-9-8-20-37(38)40)39-24-23-35(27-42(39)47-43)46(34-18-12-14-30(2)26-34)41-22-10-6-16-32(41)4/h5-28,44H,1-4H3. The molecule has 1 heterocycles. The molecule has 0 aliphatic rings. The van der Waals surface area contributed by atoms with E-state index in [1.54, 1.807) is 0 Å². The van der Waals surface area contributed by atoms with E-state index in [1.165, 1.54) is 49.7 Å². The molecule has 2 nitrogen and oxygen atoms in total. The van der Waals surface area contributed by atoms with E-state index in [0.717, 1.165) is 39.0 Å². The Balaban J connectivity index is 1.38. The van der Waals surface area contributed by atoms with Gasteiger partial charge in [-0.2, -0.15) is 0 Å². The van der Waals surface area contributed by atoms with Gasteiger partial charge in [-0.3, -0.25) is 0 Å². The van der Waals surface area contributed by atoms with Crippen LogP contribution >= 0.6 is 0 Å². The minimum absolute atomic E-state index is 0.0621. The lowest BCUT2D eigenvalue weighted by Crippen LogP contribution is -2.11. The number of rotatable bonds is 6. The molecular weight excluding hydrogens is 571 g/mol. The fourth-order valence-corrected chi connectivity index (χ4v) is 7.33. The van der Waals surface area contributed by atoms with Crippen molar-refractivity contribution in [2.24, 2.45) is 0 Å². The van der Waals surface area contributed by atoms with E-state index in [-0.39, 0.29) is 5.92 Å². The summed E-state index contributed by atoms with van der Waals surface area (Å²) in [6, 6.07) is 52.8. The topological polar surface area (TPSA) is 16.4 Å². The summed E-state index contributed by atoms with van der Waals surface area (Å²) in [5.41, 5.74) is 14.0. The molecule has 1 unspecified atom stereocenters. The number of furan rings is 1. The van der Waals surface area contributed by atoms with Crippen LogP contribution < -0.4 is 4.90 Å². The van der Waals surface area contributed by atoms with Gasteiger partial charge in [-0.05, 0) is 108 Å². The van der Waals surface area contributed by atoms with Crippen LogP contribution in [0.25, 0.3) is 32.7 Å². The molecule has 0 saturated carbocycles. The highest BCUT2D eigenvalue weighted by Gasteiger charge is 2.24. The number of aryl methyl sites for hydroxylation is 4. The Bertz CT molecular complexity index is 2430. The van der Waals surface area contributed by atoms with Crippen LogP contribution in [-0.4, -0.2) is 0 Å². The molecule has 228 valence electrons. The van der Waals surface area contributed by atoms with Gasteiger partial charge in [-0.25, -0.2) is 0 Å². The van der Waals surface area contributed by atoms with Crippen LogP contribution in [0.4, 0.5) is 17.1 Å². The molecule has 0 spiro atoms. The quantitative estimate of drug-likeness (QED) is 0.175. The molecule has 1 aromatic heterocycles. The van der Waals surface area contributed by atoms with Crippen molar-refractivity contribution < 1.29 is 4.42 Å². The highest BCUT2D eigenvalue weighted by Crippen LogP contribution is 2.45. The molecule has 0 aliphatic heterocycles. The lowest BCUT2D eigenvalue weighted by atomic mass is 9.80. The van der Waals surface area contributed by atoms with Gasteiger partial charge in [0.15, 0.2) is 0 Å². The van der Waals surface area contributed by atoms with E-state index >= 15 is 0 Å². The van der Waals surface area contributed by atoms with Crippen molar-refractivity contribution in [3.05, 3.63) is 185 Å². The van der Waals surface area contributed by atoms with E-state index < -0.39 is 0 Å². The van der Waals surface area contributed by atoms with Crippen LogP contribution in [0.15, 0.2) is 150 Å².